The molecule has 2 rings (SSSR count). The summed E-state index contributed by atoms with van der Waals surface area (Å²) in [5.41, 5.74) is 0.208. The first-order valence-corrected chi connectivity index (χ1v) is 7.39. The van der Waals surface area contributed by atoms with Gasteiger partial charge in [0.05, 0.1) is 27.6 Å². The third-order valence-electron chi connectivity index (χ3n) is 3.00. The van der Waals surface area contributed by atoms with E-state index in [2.05, 4.69) is 4.98 Å². The molecule has 0 aliphatic carbocycles. The Hall–Kier alpha value is -1.89. The van der Waals surface area contributed by atoms with Crippen molar-refractivity contribution in [2.24, 2.45) is 0 Å². The minimum absolute atomic E-state index is 0.126. The summed E-state index contributed by atoms with van der Waals surface area (Å²) in [6.45, 7) is 3.86. The Kier molecular flexibility index (Phi) is 4.55. The highest BCUT2D eigenvalue weighted by Crippen LogP contribution is 2.36. The van der Waals surface area contributed by atoms with Gasteiger partial charge in [0.15, 0.2) is 0 Å². The number of alkyl halides is 3. The van der Waals surface area contributed by atoms with Gasteiger partial charge in [0.25, 0.3) is 0 Å². The molecule has 0 atom stereocenters. The van der Waals surface area contributed by atoms with E-state index in [1.165, 1.54) is 23.5 Å². The summed E-state index contributed by atoms with van der Waals surface area (Å²) in [6.07, 6.45) is -4.64. The number of rotatable bonds is 4. The molecule has 0 fully saturated rings. The number of carbonyl (C=O) groups is 1. The van der Waals surface area contributed by atoms with E-state index < -0.39 is 17.7 Å². The van der Waals surface area contributed by atoms with Crippen molar-refractivity contribution in [1.29, 1.82) is 0 Å². The zero-order chi connectivity index (χ0) is 16.5. The van der Waals surface area contributed by atoms with Crippen LogP contribution in [0.5, 0.6) is 0 Å². The fraction of sp³-hybridized carbons (Fsp3) is 0.333. The quantitative estimate of drug-likeness (QED) is 0.893. The van der Waals surface area contributed by atoms with Crippen LogP contribution in [0, 0.1) is 0 Å². The molecule has 2 aromatic rings. The van der Waals surface area contributed by atoms with Gasteiger partial charge in [-0.1, -0.05) is 26.0 Å². The number of aliphatic carboxylic acids is 1. The van der Waals surface area contributed by atoms with Crippen LogP contribution < -0.4 is 0 Å². The summed E-state index contributed by atoms with van der Waals surface area (Å²) in [6, 6.07) is 4.70. The maximum absolute atomic E-state index is 12.6. The van der Waals surface area contributed by atoms with Gasteiger partial charge in [-0.05, 0) is 17.7 Å². The first-order chi connectivity index (χ1) is 10.2. The molecule has 1 aromatic heterocycles. The summed E-state index contributed by atoms with van der Waals surface area (Å²) >= 11 is 1.32. The number of benzene rings is 1. The average molecular weight is 329 g/mol. The van der Waals surface area contributed by atoms with Crippen molar-refractivity contribution in [2.75, 3.05) is 0 Å². The Balaban J connectivity index is 2.44. The Morgan fingerprint density at radius 2 is 1.86 bits per heavy atom. The number of hydrogen-bond acceptors (Lipinski definition) is 3. The monoisotopic (exact) mass is 329 g/mol. The molecule has 0 bridgehead atoms. The number of nitrogens with zero attached hydrogens (tertiary/aromatic N) is 1. The predicted octanol–water partition coefficient (Wildman–Crippen LogP) is 4.58. The van der Waals surface area contributed by atoms with Crippen LogP contribution in [0.2, 0.25) is 0 Å². The topological polar surface area (TPSA) is 50.2 Å². The molecule has 0 amide bonds. The number of carboxylic acid groups (broad SMARTS) is 1. The number of carboxylic acids is 1. The van der Waals surface area contributed by atoms with Crippen LogP contribution in [0.1, 0.15) is 36.0 Å². The molecule has 118 valence electrons. The minimum atomic E-state index is -4.39. The van der Waals surface area contributed by atoms with Crippen LogP contribution in [0.15, 0.2) is 24.3 Å². The normalized spacial score (nSPS) is 11.9. The molecule has 0 aliphatic rings. The van der Waals surface area contributed by atoms with Crippen molar-refractivity contribution in [3.05, 3.63) is 40.5 Å². The summed E-state index contributed by atoms with van der Waals surface area (Å²) < 4.78 is 37.8. The van der Waals surface area contributed by atoms with Crippen LogP contribution in [0.3, 0.4) is 0 Å². The van der Waals surface area contributed by atoms with Crippen molar-refractivity contribution in [3.63, 3.8) is 0 Å². The molecule has 0 unspecified atom stereocenters. The molecular formula is C15H14F3NO2S. The van der Waals surface area contributed by atoms with Crippen molar-refractivity contribution in [3.8, 4) is 10.4 Å². The standard InChI is InChI=1S/C15H14F3NO2S/c1-8(2)14-19-11(7-12(20)21)13(22-14)9-3-5-10(6-4-9)15(16,17)18/h3-6,8H,7H2,1-2H3,(H,20,21). The Bertz CT molecular complexity index is 675. The van der Waals surface area contributed by atoms with Crippen LogP contribution in [0.4, 0.5) is 13.2 Å². The van der Waals surface area contributed by atoms with Crippen LogP contribution in [-0.2, 0) is 17.4 Å². The van der Waals surface area contributed by atoms with E-state index in [9.17, 15) is 18.0 Å². The second-order valence-electron chi connectivity index (χ2n) is 5.13. The number of thiazole rings is 1. The van der Waals surface area contributed by atoms with Gasteiger partial charge in [-0.2, -0.15) is 13.2 Å². The molecule has 0 aliphatic heterocycles. The lowest BCUT2D eigenvalue weighted by Gasteiger charge is -2.07. The van der Waals surface area contributed by atoms with E-state index in [-0.39, 0.29) is 12.3 Å². The SMILES string of the molecule is CC(C)c1nc(CC(=O)O)c(-c2ccc(C(F)(F)F)cc2)s1. The molecule has 3 nitrogen and oxygen atoms in total. The van der Waals surface area contributed by atoms with Crippen molar-refractivity contribution < 1.29 is 23.1 Å². The van der Waals surface area contributed by atoms with Gasteiger partial charge in [-0.15, -0.1) is 11.3 Å². The van der Waals surface area contributed by atoms with E-state index in [4.69, 9.17) is 5.11 Å². The first kappa shape index (κ1) is 16.5. The van der Waals surface area contributed by atoms with Gasteiger partial charge in [0, 0.05) is 5.92 Å². The van der Waals surface area contributed by atoms with E-state index >= 15 is 0 Å². The summed E-state index contributed by atoms with van der Waals surface area (Å²) in [5.74, 6) is -0.894. The van der Waals surface area contributed by atoms with E-state index in [1.54, 1.807) is 0 Å². The predicted molar refractivity (Wildman–Crippen MR) is 78.0 cm³/mol. The molecule has 0 spiro atoms. The third-order valence-corrected chi connectivity index (χ3v) is 4.45. The van der Waals surface area contributed by atoms with Crippen molar-refractivity contribution in [1.82, 2.24) is 4.98 Å². The molecule has 1 heterocycles. The molecule has 22 heavy (non-hydrogen) atoms. The van der Waals surface area contributed by atoms with Gasteiger partial charge in [-0.25, -0.2) is 4.98 Å². The molecular weight excluding hydrogens is 315 g/mol. The number of halogens is 3. The van der Waals surface area contributed by atoms with Crippen LogP contribution in [0.25, 0.3) is 10.4 Å². The second-order valence-corrected chi connectivity index (χ2v) is 6.16. The molecule has 1 N–H and O–H groups in total. The number of aromatic nitrogens is 1. The fourth-order valence-corrected chi connectivity index (χ4v) is 3.01. The van der Waals surface area contributed by atoms with Crippen LogP contribution >= 0.6 is 11.3 Å². The first-order valence-electron chi connectivity index (χ1n) is 6.57. The number of hydrogen-bond donors (Lipinski definition) is 1. The zero-order valence-electron chi connectivity index (χ0n) is 11.9. The van der Waals surface area contributed by atoms with E-state index in [1.807, 2.05) is 13.8 Å². The smallest absolute Gasteiger partial charge is 0.416 e. The lowest BCUT2D eigenvalue weighted by Crippen LogP contribution is -2.04. The largest absolute Gasteiger partial charge is 0.481 e. The maximum Gasteiger partial charge on any atom is 0.416 e. The van der Waals surface area contributed by atoms with Gasteiger partial charge >= 0.3 is 12.1 Å². The highest BCUT2D eigenvalue weighted by Gasteiger charge is 2.30. The van der Waals surface area contributed by atoms with E-state index in [0.717, 1.165) is 17.1 Å². The fourth-order valence-electron chi connectivity index (χ4n) is 1.92. The highest BCUT2D eigenvalue weighted by atomic mass is 32.1. The minimum Gasteiger partial charge on any atom is -0.481 e. The molecule has 0 saturated carbocycles. The summed E-state index contributed by atoms with van der Waals surface area (Å²) in [5, 5.41) is 9.72. The molecule has 0 saturated heterocycles. The van der Waals surface area contributed by atoms with Gasteiger partial charge < -0.3 is 5.11 Å². The lowest BCUT2D eigenvalue weighted by atomic mass is 10.1. The Morgan fingerprint density at radius 3 is 2.32 bits per heavy atom. The zero-order valence-corrected chi connectivity index (χ0v) is 12.8. The maximum atomic E-state index is 12.6. The Morgan fingerprint density at radius 1 is 1.27 bits per heavy atom. The highest BCUT2D eigenvalue weighted by molar-refractivity contribution is 7.15. The van der Waals surface area contributed by atoms with Gasteiger partial charge in [0.2, 0.25) is 0 Å². The summed E-state index contributed by atoms with van der Waals surface area (Å²) in [7, 11) is 0. The molecule has 0 radical (unpaired) electrons. The van der Waals surface area contributed by atoms with Crippen molar-refractivity contribution >= 4 is 17.3 Å². The van der Waals surface area contributed by atoms with Crippen molar-refractivity contribution in [2.45, 2.75) is 32.4 Å². The second kappa shape index (κ2) is 6.08. The van der Waals surface area contributed by atoms with Gasteiger partial charge in [0.1, 0.15) is 0 Å². The van der Waals surface area contributed by atoms with Crippen LogP contribution in [-0.4, -0.2) is 16.1 Å². The average Bonchev–Trinajstić information content (AvgIpc) is 2.81. The molecule has 1 aromatic carbocycles. The third kappa shape index (κ3) is 3.65. The Labute approximate surface area is 129 Å². The van der Waals surface area contributed by atoms with E-state index in [0.29, 0.717) is 16.1 Å². The van der Waals surface area contributed by atoms with Gasteiger partial charge in [-0.3, -0.25) is 4.79 Å². The molecule has 7 heteroatoms. The lowest BCUT2D eigenvalue weighted by molar-refractivity contribution is -0.138. The summed E-state index contributed by atoms with van der Waals surface area (Å²) in [4.78, 5) is 15.9.